The van der Waals surface area contributed by atoms with Gasteiger partial charge in [0.1, 0.15) is 0 Å². The molecule has 8 nitrogen and oxygen atoms in total. The Hall–Kier alpha value is -4.20. The van der Waals surface area contributed by atoms with Crippen LogP contribution >= 0.6 is 0 Å². The van der Waals surface area contributed by atoms with E-state index in [9.17, 15) is 14.4 Å². The van der Waals surface area contributed by atoms with Gasteiger partial charge in [0.15, 0.2) is 0 Å². The Morgan fingerprint density at radius 3 is 2.28 bits per heavy atom. The van der Waals surface area contributed by atoms with Gasteiger partial charge in [-0.05, 0) is 48.5 Å². The number of likely N-dealkylation sites (N-methyl/N-ethyl adjacent to an activating group) is 1. The summed E-state index contributed by atoms with van der Waals surface area (Å²) in [5, 5.41) is 5.06. The summed E-state index contributed by atoms with van der Waals surface area (Å²) in [5.74, 6) is -1.88. The number of hydrogen-bond acceptors (Lipinski definition) is 5. The molecule has 0 saturated heterocycles. The number of pyridine rings is 1. The molecule has 0 saturated carbocycles. The maximum Gasteiger partial charge on any atom is 0.320 e. The van der Waals surface area contributed by atoms with E-state index in [0.717, 1.165) is 0 Å². The molecule has 0 aliphatic carbocycles. The monoisotopic (exact) mass is 389 g/mol. The molecule has 3 rings (SSSR count). The molecule has 29 heavy (non-hydrogen) atoms. The van der Waals surface area contributed by atoms with Crippen LogP contribution in [0.15, 0.2) is 73.1 Å². The molecule has 1 aromatic heterocycles. The van der Waals surface area contributed by atoms with Crippen molar-refractivity contribution >= 4 is 40.5 Å². The molecular formula is C21H19N5O3. The molecule has 0 aliphatic heterocycles. The molecule has 3 amide bonds. The minimum absolute atomic E-state index is 0.347. The van der Waals surface area contributed by atoms with Gasteiger partial charge in [0.2, 0.25) is 0 Å². The molecule has 8 heteroatoms. The van der Waals surface area contributed by atoms with Crippen LogP contribution in [-0.2, 0) is 9.59 Å². The second kappa shape index (κ2) is 8.66. The SMILES string of the molecule is CNC(=O)C(=O)N(c1ccc(C(=O)Nc2ccccc2N)cc1)c1cccnc1. The largest absolute Gasteiger partial charge is 0.397 e. The first-order valence-corrected chi connectivity index (χ1v) is 8.73. The smallest absolute Gasteiger partial charge is 0.320 e. The Labute approximate surface area is 167 Å². The summed E-state index contributed by atoms with van der Waals surface area (Å²) in [4.78, 5) is 42.2. The minimum atomic E-state index is -0.769. The summed E-state index contributed by atoms with van der Waals surface area (Å²) in [6.45, 7) is 0. The molecule has 0 bridgehead atoms. The van der Waals surface area contributed by atoms with Crippen LogP contribution in [0.25, 0.3) is 0 Å². The van der Waals surface area contributed by atoms with E-state index in [0.29, 0.717) is 28.3 Å². The lowest BCUT2D eigenvalue weighted by Gasteiger charge is -2.22. The van der Waals surface area contributed by atoms with Gasteiger partial charge in [-0.3, -0.25) is 24.3 Å². The molecule has 4 N–H and O–H groups in total. The van der Waals surface area contributed by atoms with Gasteiger partial charge >= 0.3 is 11.8 Å². The van der Waals surface area contributed by atoms with Crippen molar-refractivity contribution in [3.63, 3.8) is 0 Å². The van der Waals surface area contributed by atoms with E-state index in [1.165, 1.54) is 18.1 Å². The van der Waals surface area contributed by atoms with Crippen molar-refractivity contribution in [1.82, 2.24) is 10.3 Å². The topological polar surface area (TPSA) is 117 Å². The Balaban J connectivity index is 1.87. The van der Waals surface area contributed by atoms with Crippen molar-refractivity contribution in [2.24, 2.45) is 0 Å². The highest BCUT2D eigenvalue weighted by molar-refractivity contribution is 6.42. The number of hydrogen-bond donors (Lipinski definition) is 3. The Morgan fingerprint density at radius 2 is 1.66 bits per heavy atom. The molecular weight excluding hydrogens is 370 g/mol. The van der Waals surface area contributed by atoms with Crippen molar-refractivity contribution in [3.8, 4) is 0 Å². The van der Waals surface area contributed by atoms with E-state index in [1.807, 2.05) is 0 Å². The zero-order valence-corrected chi connectivity index (χ0v) is 15.6. The molecule has 3 aromatic rings. The maximum absolute atomic E-state index is 12.6. The third-order valence-electron chi connectivity index (χ3n) is 4.13. The van der Waals surface area contributed by atoms with Crippen LogP contribution in [0, 0.1) is 0 Å². The number of carbonyl (C=O) groups is 3. The Bertz CT molecular complexity index is 1040. The molecule has 0 fully saturated rings. The number of amides is 3. The predicted molar refractivity (Wildman–Crippen MR) is 111 cm³/mol. The number of aromatic nitrogens is 1. The van der Waals surface area contributed by atoms with E-state index in [1.54, 1.807) is 66.9 Å². The minimum Gasteiger partial charge on any atom is -0.397 e. The highest BCUT2D eigenvalue weighted by Crippen LogP contribution is 2.26. The van der Waals surface area contributed by atoms with Crippen molar-refractivity contribution in [3.05, 3.63) is 78.6 Å². The Morgan fingerprint density at radius 1 is 0.931 bits per heavy atom. The van der Waals surface area contributed by atoms with Crippen molar-refractivity contribution < 1.29 is 14.4 Å². The van der Waals surface area contributed by atoms with E-state index >= 15 is 0 Å². The van der Waals surface area contributed by atoms with Crippen LogP contribution in [0.1, 0.15) is 10.4 Å². The number of nitrogen functional groups attached to an aromatic ring is 1. The summed E-state index contributed by atoms with van der Waals surface area (Å²) >= 11 is 0. The number of benzene rings is 2. The first-order chi connectivity index (χ1) is 14.0. The number of nitrogens with one attached hydrogen (secondary N) is 2. The highest BCUT2D eigenvalue weighted by atomic mass is 16.2. The summed E-state index contributed by atoms with van der Waals surface area (Å²) < 4.78 is 0. The molecule has 1 heterocycles. The van der Waals surface area contributed by atoms with E-state index in [2.05, 4.69) is 15.6 Å². The maximum atomic E-state index is 12.6. The standard InChI is InChI=1S/C21H19N5O3/c1-23-20(28)21(29)26(16-5-4-12-24-13-16)15-10-8-14(9-11-15)19(27)25-18-7-3-2-6-17(18)22/h2-13H,22H2,1H3,(H,23,28)(H,25,27). The molecule has 0 radical (unpaired) electrons. The van der Waals surface area contributed by atoms with E-state index in [4.69, 9.17) is 5.73 Å². The quantitative estimate of drug-likeness (QED) is 0.468. The van der Waals surface area contributed by atoms with E-state index < -0.39 is 11.8 Å². The Kier molecular flexibility index (Phi) is 5.84. The molecule has 146 valence electrons. The lowest BCUT2D eigenvalue weighted by atomic mass is 10.1. The van der Waals surface area contributed by atoms with Crippen molar-refractivity contribution in [2.45, 2.75) is 0 Å². The van der Waals surface area contributed by atoms with Crippen molar-refractivity contribution in [2.75, 3.05) is 23.0 Å². The summed E-state index contributed by atoms with van der Waals surface area (Å²) in [7, 11) is 1.38. The van der Waals surface area contributed by atoms with Gasteiger partial charge in [-0.15, -0.1) is 0 Å². The zero-order valence-electron chi connectivity index (χ0n) is 15.6. The van der Waals surface area contributed by atoms with Gasteiger partial charge in [0.25, 0.3) is 5.91 Å². The first kappa shape index (κ1) is 19.6. The summed E-state index contributed by atoms with van der Waals surface area (Å²) in [5.41, 5.74) is 8.03. The van der Waals surface area contributed by atoms with Crippen LogP contribution in [0.2, 0.25) is 0 Å². The lowest BCUT2D eigenvalue weighted by molar-refractivity contribution is -0.136. The second-order valence-electron chi connectivity index (χ2n) is 6.02. The number of nitrogens with two attached hydrogens (primary N) is 1. The van der Waals surface area contributed by atoms with Gasteiger partial charge in [-0.25, -0.2) is 0 Å². The fourth-order valence-electron chi connectivity index (χ4n) is 2.65. The number of para-hydroxylation sites is 2. The molecule has 0 aliphatic rings. The number of anilines is 4. The normalized spacial score (nSPS) is 10.1. The third kappa shape index (κ3) is 4.38. The second-order valence-corrected chi connectivity index (χ2v) is 6.02. The fraction of sp³-hybridized carbons (Fsp3) is 0.0476. The first-order valence-electron chi connectivity index (χ1n) is 8.73. The molecule has 0 spiro atoms. The van der Waals surface area contributed by atoms with Crippen LogP contribution in [-0.4, -0.2) is 29.8 Å². The van der Waals surface area contributed by atoms with Crippen LogP contribution in [0.5, 0.6) is 0 Å². The number of carbonyl (C=O) groups excluding carboxylic acids is 3. The van der Waals surface area contributed by atoms with Gasteiger partial charge in [0, 0.05) is 24.5 Å². The fourth-order valence-corrected chi connectivity index (χ4v) is 2.65. The van der Waals surface area contributed by atoms with Gasteiger partial charge < -0.3 is 16.4 Å². The average Bonchev–Trinajstić information content (AvgIpc) is 2.76. The number of nitrogens with zero attached hydrogens (tertiary/aromatic N) is 2. The molecule has 0 unspecified atom stereocenters. The molecule has 0 atom stereocenters. The third-order valence-corrected chi connectivity index (χ3v) is 4.13. The van der Waals surface area contributed by atoms with Gasteiger partial charge in [-0.2, -0.15) is 0 Å². The van der Waals surface area contributed by atoms with Crippen LogP contribution < -0.4 is 21.3 Å². The van der Waals surface area contributed by atoms with Crippen LogP contribution in [0.4, 0.5) is 22.7 Å². The van der Waals surface area contributed by atoms with Crippen LogP contribution in [0.3, 0.4) is 0 Å². The zero-order chi connectivity index (χ0) is 20.8. The average molecular weight is 389 g/mol. The lowest BCUT2D eigenvalue weighted by Crippen LogP contribution is -2.39. The van der Waals surface area contributed by atoms with Crippen molar-refractivity contribution in [1.29, 1.82) is 0 Å². The summed E-state index contributed by atoms with van der Waals surface area (Å²) in [6, 6.07) is 16.5. The van der Waals surface area contributed by atoms with E-state index in [-0.39, 0.29) is 5.91 Å². The van der Waals surface area contributed by atoms with Gasteiger partial charge in [-0.1, -0.05) is 12.1 Å². The van der Waals surface area contributed by atoms with Gasteiger partial charge in [0.05, 0.1) is 23.3 Å². The summed E-state index contributed by atoms with van der Waals surface area (Å²) in [6.07, 6.45) is 3.04. The molecule has 2 aromatic carbocycles. The highest BCUT2D eigenvalue weighted by Gasteiger charge is 2.24. The number of rotatable bonds is 4. The predicted octanol–water partition coefficient (Wildman–Crippen LogP) is 2.33.